The summed E-state index contributed by atoms with van der Waals surface area (Å²) in [5.41, 5.74) is 2.90. The van der Waals surface area contributed by atoms with Gasteiger partial charge in [0, 0.05) is 30.1 Å². The van der Waals surface area contributed by atoms with Crippen molar-refractivity contribution in [1.82, 2.24) is 10.2 Å². The van der Waals surface area contributed by atoms with Crippen LogP contribution in [0.25, 0.3) is 0 Å². The molecule has 0 radical (unpaired) electrons. The number of methoxy groups -OCH3 is 1. The van der Waals surface area contributed by atoms with E-state index in [9.17, 15) is 8.78 Å². The van der Waals surface area contributed by atoms with E-state index in [1.165, 1.54) is 12.1 Å². The molecular weight excluding hydrogens is 418 g/mol. The van der Waals surface area contributed by atoms with E-state index < -0.39 is 0 Å². The highest BCUT2D eigenvalue weighted by atomic mass is 19.1. The molecule has 2 atom stereocenters. The maximum atomic E-state index is 14.3. The molecule has 3 aliphatic heterocycles. The number of halogens is 2. The van der Waals surface area contributed by atoms with Crippen molar-refractivity contribution in [2.75, 3.05) is 20.2 Å². The van der Waals surface area contributed by atoms with Gasteiger partial charge in [-0.3, -0.25) is 4.90 Å². The van der Waals surface area contributed by atoms with Gasteiger partial charge < -0.3 is 10.1 Å². The molecule has 33 heavy (non-hydrogen) atoms. The number of hydrogen-bond donors (Lipinski definition) is 1. The molecule has 5 heteroatoms. The molecule has 3 aromatic rings. The monoisotopic (exact) mass is 448 g/mol. The molecule has 6 rings (SSSR count). The summed E-state index contributed by atoms with van der Waals surface area (Å²) in [7, 11) is 1.69. The van der Waals surface area contributed by atoms with Crippen molar-refractivity contribution < 1.29 is 13.5 Å². The predicted octanol–water partition coefficient (Wildman–Crippen LogP) is 5.36. The van der Waals surface area contributed by atoms with E-state index in [2.05, 4.69) is 16.3 Å². The van der Waals surface area contributed by atoms with Crippen LogP contribution >= 0.6 is 0 Å². The Balaban J connectivity index is 1.52. The molecule has 1 N–H and O–H groups in total. The molecule has 172 valence electrons. The zero-order chi connectivity index (χ0) is 22.8. The second-order valence-corrected chi connectivity index (χ2v) is 9.17. The Hall–Kier alpha value is -2.76. The van der Waals surface area contributed by atoms with Crippen LogP contribution in [0, 0.1) is 17.6 Å². The molecule has 3 heterocycles. The molecule has 0 saturated carbocycles. The van der Waals surface area contributed by atoms with Crippen LogP contribution in [-0.4, -0.2) is 37.2 Å². The third kappa shape index (κ3) is 4.53. The minimum atomic E-state index is -0.261. The van der Waals surface area contributed by atoms with Gasteiger partial charge in [-0.1, -0.05) is 42.5 Å². The molecule has 3 saturated heterocycles. The summed E-state index contributed by atoms with van der Waals surface area (Å²) in [5, 5.41) is 3.83. The number of ether oxygens (including phenoxy) is 1. The maximum absolute atomic E-state index is 14.3. The smallest absolute Gasteiger partial charge is 0.123 e. The largest absolute Gasteiger partial charge is 0.496 e. The Labute approximate surface area is 194 Å². The molecule has 2 bridgehead atoms. The fourth-order valence-electron chi connectivity index (χ4n) is 5.85. The van der Waals surface area contributed by atoms with Crippen LogP contribution in [0.5, 0.6) is 5.75 Å². The lowest BCUT2D eigenvalue weighted by Crippen LogP contribution is -2.64. The summed E-state index contributed by atoms with van der Waals surface area (Å²) in [6.07, 6.45) is 2.28. The molecule has 0 unspecified atom stereocenters. The van der Waals surface area contributed by atoms with Gasteiger partial charge in [0.15, 0.2) is 0 Å². The van der Waals surface area contributed by atoms with Crippen LogP contribution in [0.3, 0.4) is 0 Å². The first kappa shape index (κ1) is 22.1. The lowest BCUT2D eigenvalue weighted by atomic mass is 9.70. The van der Waals surface area contributed by atoms with Crippen LogP contribution in [0.15, 0.2) is 72.8 Å². The number of rotatable bonds is 7. The van der Waals surface area contributed by atoms with Crippen LogP contribution in [-0.2, 0) is 6.54 Å². The van der Waals surface area contributed by atoms with Crippen molar-refractivity contribution >= 4 is 0 Å². The Morgan fingerprint density at radius 3 is 2.15 bits per heavy atom. The summed E-state index contributed by atoms with van der Waals surface area (Å²) in [6, 6.07) is 22.0. The highest BCUT2D eigenvalue weighted by Crippen LogP contribution is 2.42. The highest BCUT2D eigenvalue weighted by Gasteiger charge is 2.46. The Bertz CT molecular complexity index is 1050. The van der Waals surface area contributed by atoms with Gasteiger partial charge in [-0.25, -0.2) is 8.78 Å². The van der Waals surface area contributed by atoms with Crippen LogP contribution < -0.4 is 10.1 Å². The van der Waals surface area contributed by atoms with Gasteiger partial charge in [0.2, 0.25) is 0 Å². The minimum absolute atomic E-state index is 0.107. The van der Waals surface area contributed by atoms with E-state index in [1.54, 1.807) is 31.4 Å². The Kier molecular flexibility index (Phi) is 6.43. The maximum Gasteiger partial charge on any atom is 0.123 e. The normalized spacial score (nSPS) is 24.2. The van der Waals surface area contributed by atoms with E-state index in [0.29, 0.717) is 12.5 Å². The van der Waals surface area contributed by atoms with E-state index >= 15 is 0 Å². The second kappa shape index (κ2) is 9.62. The summed E-state index contributed by atoms with van der Waals surface area (Å²) >= 11 is 0. The lowest BCUT2D eigenvalue weighted by Gasteiger charge is -2.54. The van der Waals surface area contributed by atoms with Gasteiger partial charge >= 0.3 is 0 Å². The summed E-state index contributed by atoms with van der Waals surface area (Å²) in [4.78, 5) is 2.51. The number of nitrogens with zero attached hydrogens (tertiary/aromatic N) is 1. The molecule has 3 nitrogen and oxygen atoms in total. The molecule has 0 aliphatic carbocycles. The number of para-hydroxylation sites is 1. The zero-order valence-corrected chi connectivity index (χ0v) is 18.9. The predicted molar refractivity (Wildman–Crippen MR) is 126 cm³/mol. The number of piperidine rings is 3. The zero-order valence-electron chi connectivity index (χ0n) is 18.9. The number of benzene rings is 3. The van der Waals surface area contributed by atoms with Crippen molar-refractivity contribution in [2.45, 2.75) is 37.4 Å². The van der Waals surface area contributed by atoms with Gasteiger partial charge in [-0.05, 0) is 73.3 Å². The standard InChI is InChI=1S/C28H30F2N2O/c1-33-25-11-3-2-6-22(25)18-31-27-19-12-14-32(15-13-19)28(27)26(20-7-4-9-23(29)16-20)21-8-5-10-24(30)17-21/h2-11,16-17,19,26-28,31H,12-15,18H2,1H3/t27-,28+/m1/s1. The van der Waals surface area contributed by atoms with Crippen molar-refractivity contribution in [1.29, 1.82) is 0 Å². The second-order valence-electron chi connectivity index (χ2n) is 9.17. The van der Waals surface area contributed by atoms with Crippen LogP contribution in [0.4, 0.5) is 8.78 Å². The first-order valence-corrected chi connectivity index (χ1v) is 11.7. The van der Waals surface area contributed by atoms with E-state index in [1.807, 2.05) is 30.3 Å². The molecular formula is C28H30F2N2O. The molecule has 0 amide bonds. The van der Waals surface area contributed by atoms with E-state index in [-0.39, 0.29) is 29.6 Å². The van der Waals surface area contributed by atoms with E-state index in [0.717, 1.165) is 48.4 Å². The molecule has 3 fully saturated rings. The van der Waals surface area contributed by atoms with Gasteiger partial charge in [0.05, 0.1) is 7.11 Å². The first-order valence-electron chi connectivity index (χ1n) is 11.7. The number of nitrogens with one attached hydrogen (secondary N) is 1. The van der Waals surface area contributed by atoms with Gasteiger partial charge in [-0.2, -0.15) is 0 Å². The SMILES string of the molecule is COc1ccccc1CN[C@@H]1C2CCN(CC2)[C@H]1C(c1cccc(F)c1)c1cccc(F)c1. The van der Waals surface area contributed by atoms with Crippen molar-refractivity contribution in [2.24, 2.45) is 5.92 Å². The fraction of sp³-hybridized carbons (Fsp3) is 0.357. The van der Waals surface area contributed by atoms with Gasteiger partial charge in [0.25, 0.3) is 0 Å². The molecule has 0 aromatic heterocycles. The average molecular weight is 449 g/mol. The van der Waals surface area contributed by atoms with Crippen molar-refractivity contribution in [3.63, 3.8) is 0 Å². The average Bonchev–Trinajstić information content (AvgIpc) is 2.84. The third-order valence-electron chi connectivity index (χ3n) is 7.35. The minimum Gasteiger partial charge on any atom is -0.496 e. The Morgan fingerprint density at radius 2 is 1.55 bits per heavy atom. The van der Waals surface area contributed by atoms with Gasteiger partial charge in [-0.15, -0.1) is 0 Å². The summed E-state index contributed by atoms with van der Waals surface area (Å²) < 4.78 is 34.2. The first-order chi connectivity index (χ1) is 16.1. The van der Waals surface area contributed by atoms with Crippen LogP contribution in [0.2, 0.25) is 0 Å². The molecule has 3 aromatic carbocycles. The number of hydrogen-bond acceptors (Lipinski definition) is 3. The van der Waals surface area contributed by atoms with E-state index in [4.69, 9.17) is 4.74 Å². The Morgan fingerprint density at radius 1 is 0.909 bits per heavy atom. The van der Waals surface area contributed by atoms with Crippen molar-refractivity contribution in [3.05, 3.63) is 101 Å². The third-order valence-corrected chi connectivity index (χ3v) is 7.35. The fourth-order valence-corrected chi connectivity index (χ4v) is 5.85. The molecule has 0 spiro atoms. The topological polar surface area (TPSA) is 24.5 Å². The van der Waals surface area contributed by atoms with Crippen LogP contribution in [0.1, 0.15) is 35.4 Å². The van der Waals surface area contributed by atoms with Crippen molar-refractivity contribution in [3.8, 4) is 5.75 Å². The lowest BCUT2D eigenvalue weighted by molar-refractivity contribution is 0.00456. The number of fused-ring (bicyclic) bond motifs is 3. The molecule has 3 aliphatic rings. The summed E-state index contributed by atoms with van der Waals surface area (Å²) in [6.45, 7) is 2.72. The quantitative estimate of drug-likeness (QED) is 0.527. The highest BCUT2D eigenvalue weighted by molar-refractivity contribution is 5.37. The van der Waals surface area contributed by atoms with Gasteiger partial charge in [0.1, 0.15) is 17.4 Å². The summed E-state index contributed by atoms with van der Waals surface area (Å²) in [5.74, 6) is 0.746.